The van der Waals surface area contributed by atoms with E-state index in [1.165, 1.54) is 0 Å². The predicted molar refractivity (Wildman–Crippen MR) is 277 cm³/mol. The molecule has 5 aromatic rings. The molecular weight excluding hydrogens is 966 g/mol. The smallest absolute Gasteiger partial charge is 0.272 e. The molecule has 5 aliphatic heterocycles. The molecule has 1 aliphatic carbocycles. The first-order valence-corrected chi connectivity index (χ1v) is 26.8. The Morgan fingerprint density at radius 1 is 0.838 bits per heavy atom. The Hall–Kier alpha value is -6.42. The quantitative estimate of drug-likeness (QED) is 0.134. The van der Waals surface area contributed by atoms with Gasteiger partial charge >= 0.3 is 0 Å². The molecule has 4 fully saturated rings. The van der Waals surface area contributed by atoms with Crippen LogP contribution in [0.25, 0.3) is 11.1 Å². The monoisotopic (exact) mass is 1030 g/mol. The molecule has 8 heterocycles. The topological polar surface area (TPSA) is 161 Å². The van der Waals surface area contributed by atoms with Gasteiger partial charge in [-0.2, -0.15) is 10.4 Å². The molecule has 3 saturated heterocycles. The Kier molecular flexibility index (Phi) is 14.7. The number of carbonyl (C=O) groups excluding carboxylic acids is 2. The number of nitrogens with one attached hydrogen (secondary N) is 1. The van der Waals surface area contributed by atoms with Crippen LogP contribution < -0.4 is 24.8 Å². The summed E-state index contributed by atoms with van der Waals surface area (Å²) in [6.07, 6.45) is 8.25. The number of alkyl halides is 2. The second-order valence-electron chi connectivity index (χ2n) is 20.6. The fourth-order valence-corrected chi connectivity index (χ4v) is 12.2. The highest BCUT2D eigenvalue weighted by Gasteiger charge is 2.35. The van der Waals surface area contributed by atoms with Crippen molar-refractivity contribution in [2.75, 3.05) is 80.3 Å². The van der Waals surface area contributed by atoms with Crippen LogP contribution in [-0.4, -0.2) is 130 Å². The first-order chi connectivity index (χ1) is 36.1. The summed E-state index contributed by atoms with van der Waals surface area (Å²) in [5, 5.41) is 26.6. The number of piperidine rings is 1. The SMILES string of the molecule is CC(=O)N1CCc2c(c(N3CCCc4cc(-c5ccc(N6CCC(N7CCN(c8ccc(C(=O)NC9CCC(Oc%10ccc(C#N)c(Cl)c%10)CC9)nn8)CC7)CC6)nc5)c(C(F)F)cc43)nn2C2CCOCC2)C1. The molecule has 19 heteroatoms. The summed E-state index contributed by atoms with van der Waals surface area (Å²) in [6, 6.07) is 19.0. The van der Waals surface area contributed by atoms with Crippen molar-refractivity contribution in [3.63, 3.8) is 0 Å². The van der Waals surface area contributed by atoms with Gasteiger partial charge in [0.25, 0.3) is 12.3 Å². The van der Waals surface area contributed by atoms with E-state index in [9.17, 15) is 9.59 Å². The van der Waals surface area contributed by atoms with Crippen LogP contribution in [0.3, 0.4) is 0 Å². The third kappa shape index (κ3) is 10.5. The number of hydrogen-bond acceptors (Lipinski definition) is 13. The number of hydrogen-bond donors (Lipinski definition) is 1. The van der Waals surface area contributed by atoms with Crippen LogP contribution in [0.5, 0.6) is 5.75 Å². The van der Waals surface area contributed by atoms with Gasteiger partial charge in [-0.1, -0.05) is 11.6 Å². The maximum atomic E-state index is 15.2. The van der Waals surface area contributed by atoms with E-state index in [2.05, 4.69) is 45.9 Å². The van der Waals surface area contributed by atoms with Gasteiger partial charge in [0, 0.05) is 131 Å². The number of halogens is 3. The van der Waals surface area contributed by atoms with Crippen molar-refractivity contribution in [1.29, 1.82) is 5.26 Å². The summed E-state index contributed by atoms with van der Waals surface area (Å²) in [6.45, 7) is 9.84. The molecule has 1 N–H and O–H groups in total. The number of aromatic nitrogens is 5. The van der Waals surface area contributed by atoms with Crippen molar-refractivity contribution < 1.29 is 27.8 Å². The van der Waals surface area contributed by atoms with E-state index >= 15 is 8.78 Å². The summed E-state index contributed by atoms with van der Waals surface area (Å²) in [5.41, 5.74) is 5.80. The van der Waals surface area contributed by atoms with E-state index < -0.39 is 6.43 Å². The van der Waals surface area contributed by atoms with E-state index in [0.717, 1.165) is 143 Å². The third-order valence-corrected chi connectivity index (χ3v) is 16.5. The zero-order valence-corrected chi connectivity index (χ0v) is 42.7. The van der Waals surface area contributed by atoms with Crippen molar-refractivity contribution >= 4 is 46.6 Å². The fraction of sp³-hybridized carbons (Fsp3) is 0.509. The number of piperazine rings is 1. The van der Waals surface area contributed by atoms with Gasteiger partial charge in [0.15, 0.2) is 17.3 Å². The van der Waals surface area contributed by atoms with Crippen molar-refractivity contribution in [3.8, 4) is 22.9 Å². The van der Waals surface area contributed by atoms with E-state index in [4.69, 9.17) is 36.4 Å². The molecule has 2 amide bonds. The Labute approximate surface area is 435 Å². The van der Waals surface area contributed by atoms with Crippen LogP contribution in [0.4, 0.5) is 31.9 Å². The van der Waals surface area contributed by atoms with Crippen LogP contribution in [0.1, 0.15) is 116 Å². The van der Waals surface area contributed by atoms with Crippen LogP contribution in [-0.2, 0) is 28.9 Å². The Bertz CT molecular complexity index is 2870. The number of ether oxygens (including phenoxy) is 2. The number of carbonyl (C=O) groups is 2. The molecular formula is C55H63ClF2N12O4. The Balaban J connectivity index is 0.671. The van der Waals surface area contributed by atoms with Gasteiger partial charge in [-0.15, -0.1) is 10.2 Å². The minimum atomic E-state index is -2.69. The number of benzene rings is 2. The van der Waals surface area contributed by atoms with Gasteiger partial charge in [0.2, 0.25) is 5.91 Å². The molecule has 0 unspecified atom stereocenters. The minimum absolute atomic E-state index is 0.0131. The van der Waals surface area contributed by atoms with Gasteiger partial charge in [-0.3, -0.25) is 19.2 Å². The average Bonchev–Trinajstić information content (AvgIpc) is 3.82. The molecule has 0 spiro atoms. The highest BCUT2D eigenvalue weighted by molar-refractivity contribution is 6.31. The van der Waals surface area contributed by atoms with Crippen molar-refractivity contribution in [1.82, 2.24) is 40.1 Å². The van der Waals surface area contributed by atoms with Crippen LogP contribution >= 0.6 is 11.6 Å². The number of rotatable bonds is 11. The summed E-state index contributed by atoms with van der Waals surface area (Å²) in [5.74, 6) is 2.82. The number of anilines is 4. The van der Waals surface area contributed by atoms with Crippen molar-refractivity contribution in [2.24, 2.45) is 0 Å². The molecule has 2 aromatic carbocycles. The lowest BCUT2D eigenvalue weighted by Gasteiger charge is -2.43. The number of aryl methyl sites for hydroxylation is 1. The number of nitriles is 1. The lowest BCUT2D eigenvalue weighted by atomic mass is 9.92. The Morgan fingerprint density at radius 3 is 2.30 bits per heavy atom. The molecule has 11 rings (SSSR count). The number of amides is 2. The summed E-state index contributed by atoms with van der Waals surface area (Å²) >= 11 is 6.18. The van der Waals surface area contributed by atoms with Crippen LogP contribution in [0.2, 0.25) is 5.02 Å². The highest BCUT2D eigenvalue weighted by Crippen LogP contribution is 2.44. The summed E-state index contributed by atoms with van der Waals surface area (Å²) in [7, 11) is 0. The van der Waals surface area contributed by atoms with Crippen molar-refractivity contribution in [2.45, 2.75) is 115 Å². The van der Waals surface area contributed by atoms with Gasteiger partial charge < -0.3 is 34.4 Å². The lowest BCUT2D eigenvalue weighted by molar-refractivity contribution is -0.129. The van der Waals surface area contributed by atoms with Gasteiger partial charge in [-0.25, -0.2) is 13.8 Å². The first kappa shape index (κ1) is 49.8. The van der Waals surface area contributed by atoms with E-state index in [0.29, 0.717) is 78.5 Å². The van der Waals surface area contributed by atoms with E-state index in [1.807, 2.05) is 29.2 Å². The van der Waals surface area contributed by atoms with Gasteiger partial charge in [0.1, 0.15) is 17.6 Å². The van der Waals surface area contributed by atoms with E-state index in [-0.39, 0.29) is 35.6 Å². The largest absolute Gasteiger partial charge is 0.490 e. The first-order valence-electron chi connectivity index (χ1n) is 26.4. The maximum absolute atomic E-state index is 15.2. The minimum Gasteiger partial charge on any atom is -0.490 e. The maximum Gasteiger partial charge on any atom is 0.272 e. The number of pyridine rings is 1. The second kappa shape index (κ2) is 21.8. The van der Waals surface area contributed by atoms with E-state index in [1.54, 1.807) is 43.5 Å². The van der Waals surface area contributed by atoms with Gasteiger partial charge in [-0.05, 0) is 124 Å². The standard InChI is InChI=1S/C55H63ClF2N12O4/c1-35(71)68-22-16-49-46(34-68)54(64-70(49)41-17-27-73-28-18-41)69-19-2-3-36-29-44(45(53(57)58)31-50(36)69)38-5-12-51(60-33-38)66-20-14-40(15-21-66)65-23-25-67(26-24-65)52-13-11-48(62-63-52)55(72)61-39-6-9-42(10-7-39)74-43-8-4-37(32-59)47(56)30-43/h4-5,8,11-13,29-31,33,39-42,53H,2-3,6-7,9-10,14-28,34H2,1H3,(H,61,72). The Morgan fingerprint density at radius 2 is 1.61 bits per heavy atom. The molecule has 0 bridgehead atoms. The second-order valence-corrected chi connectivity index (χ2v) is 21.0. The zero-order valence-electron chi connectivity index (χ0n) is 41.9. The third-order valence-electron chi connectivity index (χ3n) is 16.2. The highest BCUT2D eigenvalue weighted by atomic mass is 35.5. The number of nitrogens with zero attached hydrogens (tertiary/aromatic N) is 11. The van der Waals surface area contributed by atoms with Crippen molar-refractivity contribution in [3.05, 3.63) is 99.5 Å². The van der Waals surface area contributed by atoms with Crippen LogP contribution in [0.15, 0.2) is 60.8 Å². The fourth-order valence-electron chi connectivity index (χ4n) is 12.0. The lowest BCUT2D eigenvalue weighted by Crippen LogP contribution is -2.53. The molecule has 388 valence electrons. The molecule has 74 heavy (non-hydrogen) atoms. The zero-order chi connectivity index (χ0) is 50.9. The molecule has 0 radical (unpaired) electrons. The average molecular weight is 1030 g/mol. The van der Waals surface area contributed by atoms with Gasteiger partial charge in [0.05, 0.1) is 29.3 Å². The molecule has 3 aromatic heterocycles. The normalized spacial score (nSPS) is 21.0. The molecule has 16 nitrogen and oxygen atoms in total. The summed E-state index contributed by atoms with van der Waals surface area (Å²) < 4.78 is 44.3. The summed E-state index contributed by atoms with van der Waals surface area (Å²) in [4.78, 5) is 41.6. The molecule has 6 aliphatic rings. The predicted octanol–water partition coefficient (Wildman–Crippen LogP) is 8.45. The molecule has 0 atom stereocenters. The number of fused-ring (bicyclic) bond motifs is 2. The molecule has 1 saturated carbocycles. The van der Waals surface area contributed by atoms with Crippen LogP contribution in [0, 0.1) is 11.3 Å².